The standard InChI is InChI=1S/C20H23NO.C16H17NO.C4H9O.K/c1-16(2)15-22-19-13-21(14-19)20(17-9-5-3-6-10-17)18-11-7-4-8-12-18;18-15-11-17(12-15)16(13-7-3-1-4-8-13)14-9-5-2-6-10-14;1-4(2,3)5;/h3-12,19-20H,1,13-15H2,2H3;1-10,15-16,18H,11-12H2;1-3H3;/q;;-1;+1. The third kappa shape index (κ3) is 12.6. The van der Waals surface area contributed by atoms with Crippen LogP contribution in [0.2, 0.25) is 0 Å². The van der Waals surface area contributed by atoms with Gasteiger partial charge < -0.3 is 14.9 Å². The molecular formula is C40H49KN2O3. The van der Waals surface area contributed by atoms with Gasteiger partial charge in [-0.2, -0.15) is 0 Å². The Morgan fingerprint density at radius 2 is 0.978 bits per heavy atom. The Bertz CT molecular complexity index is 1320. The van der Waals surface area contributed by atoms with Crippen molar-refractivity contribution in [1.29, 1.82) is 0 Å². The second-order valence-corrected chi connectivity index (χ2v) is 13.0. The zero-order valence-corrected chi connectivity index (χ0v) is 31.4. The summed E-state index contributed by atoms with van der Waals surface area (Å²) in [6, 6.07) is 43.0. The number of aliphatic hydroxyl groups excluding tert-OH is 1. The van der Waals surface area contributed by atoms with Crippen molar-refractivity contribution in [2.75, 3.05) is 32.8 Å². The Morgan fingerprint density at radius 1 is 0.696 bits per heavy atom. The van der Waals surface area contributed by atoms with Gasteiger partial charge in [0.25, 0.3) is 0 Å². The van der Waals surface area contributed by atoms with Crippen molar-refractivity contribution in [3.63, 3.8) is 0 Å². The monoisotopic (exact) mass is 644 g/mol. The van der Waals surface area contributed by atoms with E-state index in [1.165, 1.54) is 22.3 Å². The van der Waals surface area contributed by atoms with E-state index in [0.29, 0.717) is 18.8 Å². The second kappa shape index (κ2) is 19.2. The topological polar surface area (TPSA) is 59.0 Å². The van der Waals surface area contributed by atoms with Crippen LogP contribution >= 0.6 is 0 Å². The summed E-state index contributed by atoms with van der Waals surface area (Å²) >= 11 is 0. The third-order valence-electron chi connectivity index (χ3n) is 7.52. The van der Waals surface area contributed by atoms with Gasteiger partial charge in [0.05, 0.1) is 30.9 Å². The molecule has 6 heteroatoms. The van der Waals surface area contributed by atoms with Gasteiger partial charge in [0.2, 0.25) is 0 Å². The van der Waals surface area contributed by atoms with Crippen molar-refractivity contribution in [3.05, 3.63) is 156 Å². The quantitative estimate of drug-likeness (QED) is 0.223. The van der Waals surface area contributed by atoms with Gasteiger partial charge in [-0.25, -0.2) is 0 Å². The zero-order valence-electron chi connectivity index (χ0n) is 28.3. The minimum absolute atomic E-state index is 0. The normalized spacial score (nSPS) is 15.4. The minimum Gasteiger partial charge on any atom is -0.850 e. The summed E-state index contributed by atoms with van der Waals surface area (Å²) in [7, 11) is 0. The molecule has 4 aromatic carbocycles. The van der Waals surface area contributed by atoms with Crippen molar-refractivity contribution in [2.24, 2.45) is 0 Å². The van der Waals surface area contributed by atoms with Crippen LogP contribution in [0, 0.1) is 0 Å². The number of β-amino-alcohol motifs (C(OH)–C–C–N with tert-alkyl or cyclic N) is 1. The van der Waals surface area contributed by atoms with Crippen LogP contribution in [0.1, 0.15) is 62.0 Å². The van der Waals surface area contributed by atoms with E-state index < -0.39 is 5.60 Å². The van der Waals surface area contributed by atoms with Crippen LogP contribution in [-0.4, -0.2) is 65.5 Å². The Kier molecular flexibility index (Phi) is 16.0. The van der Waals surface area contributed by atoms with Gasteiger partial charge in [-0.05, 0) is 29.2 Å². The Balaban J connectivity index is 0.000000217. The first-order valence-electron chi connectivity index (χ1n) is 15.9. The number of benzene rings is 4. The van der Waals surface area contributed by atoms with E-state index in [1.807, 2.05) is 19.1 Å². The van der Waals surface area contributed by atoms with Crippen molar-refractivity contribution < 1.29 is 66.3 Å². The first-order valence-corrected chi connectivity index (χ1v) is 15.9. The molecule has 0 radical (unpaired) electrons. The number of hydrogen-bond acceptors (Lipinski definition) is 5. The minimum atomic E-state index is -0.750. The molecule has 0 unspecified atom stereocenters. The van der Waals surface area contributed by atoms with Crippen molar-refractivity contribution in [2.45, 2.75) is 57.6 Å². The van der Waals surface area contributed by atoms with Crippen LogP contribution in [0.4, 0.5) is 0 Å². The number of ether oxygens (including phenoxy) is 1. The summed E-state index contributed by atoms with van der Waals surface area (Å²) in [5.74, 6) is 0. The van der Waals surface area contributed by atoms with Crippen molar-refractivity contribution >= 4 is 0 Å². The number of likely N-dealkylation sites (tertiary alicyclic amines) is 2. The van der Waals surface area contributed by atoms with Gasteiger partial charge in [0, 0.05) is 26.2 Å². The predicted octanol–water partition coefficient (Wildman–Crippen LogP) is 3.65. The fourth-order valence-corrected chi connectivity index (χ4v) is 5.51. The molecular weight excluding hydrogens is 596 g/mol. The molecule has 5 nitrogen and oxygen atoms in total. The fourth-order valence-electron chi connectivity index (χ4n) is 5.51. The Labute approximate surface area is 319 Å². The molecule has 238 valence electrons. The third-order valence-corrected chi connectivity index (χ3v) is 7.52. The number of aliphatic hydroxyl groups is 1. The van der Waals surface area contributed by atoms with E-state index in [0.717, 1.165) is 31.8 Å². The van der Waals surface area contributed by atoms with E-state index in [1.54, 1.807) is 20.8 Å². The first-order chi connectivity index (χ1) is 21.6. The van der Waals surface area contributed by atoms with Crippen LogP contribution in [0.15, 0.2) is 133 Å². The molecule has 6 rings (SSSR count). The maximum atomic E-state index is 10.1. The van der Waals surface area contributed by atoms with E-state index in [2.05, 4.69) is 126 Å². The van der Waals surface area contributed by atoms with E-state index in [9.17, 15) is 10.2 Å². The smallest absolute Gasteiger partial charge is 0.850 e. The molecule has 2 saturated heterocycles. The Hall–Kier alpha value is -1.94. The number of rotatable bonds is 9. The molecule has 2 fully saturated rings. The summed E-state index contributed by atoms with van der Waals surface area (Å²) < 4.78 is 5.85. The molecule has 46 heavy (non-hydrogen) atoms. The molecule has 0 spiro atoms. The predicted molar refractivity (Wildman–Crippen MR) is 183 cm³/mol. The van der Waals surface area contributed by atoms with Crippen molar-refractivity contribution in [1.82, 2.24) is 9.80 Å². The summed E-state index contributed by atoms with van der Waals surface area (Å²) in [6.45, 7) is 14.9. The van der Waals surface area contributed by atoms with Gasteiger partial charge in [0.1, 0.15) is 0 Å². The molecule has 0 saturated carbocycles. The van der Waals surface area contributed by atoms with Crippen LogP contribution in [0.5, 0.6) is 0 Å². The molecule has 0 atom stereocenters. The summed E-state index contributed by atoms with van der Waals surface area (Å²) in [6.07, 6.45) is 0.159. The molecule has 0 amide bonds. The van der Waals surface area contributed by atoms with Gasteiger partial charge >= 0.3 is 51.4 Å². The maximum Gasteiger partial charge on any atom is 1.00 e. The van der Waals surface area contributed by atoms with E-state index in [4.69, 9.17) is 4.74 Å². The molecule has 2 aliphatic heterocycles. The van der Waals surface area contributed by atoms with E-state index in [-0.39, 0.29) is 63.5 Å². The van der Waals surface area contributed by atoms with Crippen LogP contribution < -0.4 is 56.5 Å². The van der Waals surface area contributed by atoms with Gasteiger partial charge in [-0.1, -0.05) is 154 Å². The van der Waals surface area contributed by atoms with Crippen LogP contribution in [0.3, 0.4) is 0 Å². The number of hydrogen-bond donors (Lipinski definition) is 1. The summed E-state index contributed by atoms with van der Waals surface area (Å²) in [5, 5.41) is 19.6. The largest absolute Gasteiger partial charge is 1.00 e. The zero-order chi connectivity index (χ0) is 32.2. The van der Waals surface area contributed by atoms with Crippen molar-refractivity contribution in [3.8, 4) is 0 Å². The second-order valence-electron chi connectivity index (χ2n) is 13.0. The number of nitrogens with zero attached hydrogens (tertiary/aromatic N) is 2. The summed E-state index contributed by atoms with van der Waals surface area (Å²) in [5.41, 5.74) is 5.59. The molecule has 2 heterocycles. The van der Waals surface area contributed by atoms with Gasteiger partial charge in [-0.15, -0.1) is 5.60 Å². The Morgan fingerprint density at radius 3 is 1.24 bits per heavy atom. The van der Waals surface area contributed by atoms with Gasteiger partial charge in [0.15, 0.2) is 0 Å². The SMILES string of the molecule is C=C(C)COC1CN(C(c2ccccc2)c2ccccc2)C1.CC(C)(C)[O-].OC1CN(C(c2ccccc2)c2ccccc2)C1.[K+]. The fraction of sp³-hybridized carbons (Fsp3) is 0.350. The molecule has 1 N–H and O–H groups in total. The molecule has 0 bridgehead atoms. The van der Waals surface area contributed by atoms with Crippen LogP contribution in [-0.2, 0) is 4.74 Å². The average Bonchev–Trinajstić information content (AvgIpc) is 2.99. The average molecular weight is 645 g/mol. The molecule has 0 aromatic heterocycles. The van der Waals surface area contributed by atoms with Crippen LogP contribution in [0.25, 0.3) is 0 Å². The first kappa shape index (κ1) is 38.5. The molecule has 0 aliphatic carbocycles. The summed E-state index contributed by atoms with van der Waals surface area (Å²) in [4.78, 5) is 4.79. The molecule has 2 aliphatic rings. The van der Waals surface area contributed by atoms with E-state index >= 15 is 0 Å². The molecule has 4 aromatic rings. The maximum absolute atomic E-state index is 10.1. The van der Waals surface area contributed by atoms with Gasteiger partial charge in [-0.3, -0.25) is 9.80 Å².